The maximum absolute atomic E-state index is 14.8. The molecule has 2 rings (SSSR count). The average Bonchev–Trinajstić information content (AvgIpc) is 2.71. The van der Waals surface area contributed by atoms with Crippen LogP contribution in [0.25, 0.3) is 0 Å². The minimum Gasteiger partial charge on any atom is -0.274 e. The molecular weight excluding hydrogens is 586 g/mol. The summed E-state index contributed by atoms with van der Waals surface area (Å²) in [5.74, 6) is -2.96. The number of alkyl halides is 6. The maximum Gasteiger partial charge on any atom is 0.441 e. The third kappa shape index (κ3) is 5.06. The van der Waals surface area contributed by atoms with Crippen LogP contribution in [0.2, 0.25) is 0 Å². The van der Waals surface area contributed by atoms with Crippen molar-refractivity contribution < 1.29 is 35.9 Å². The summed E-state index contributed by atoms with van der Waals surface area (Å²) >= 11 is 6.03. The summed E-state index contributed by atoms with van der Waals surface area (Å²) in [6.45, 7) is 2.27. The molecule has 0 saturated heterocycles. The van der Waals surface area contributed by atoms with Crippen molar-refractivity contribution in [2.45, 2.75) is 44.7 Å². The van der Waals surface area contributed by atoms with Gasteiger partial charge in [0.2, 0.25) is 11.8 Å². The van der Waals surface area contributed by atoms with E-state index in [1.54, 1.807) is 0 Å². The summed E-state index contributed by atoms with van der Waals surface area (Å²) in [5.41, 5.74) is -6.40. The van der Waals surface area contributed by atoms with E-state index in [1.807, 2.05) is 0 Å². The zero-order chi connectivity index (χ0) is 25.2. The highest BCUT2D eigenvalue weighted by Gasteiger charge is 2.79. The van der Waals surface area contributed by atoms with E-state index in [9.17, 15) is 35.9 Å². The molecule has 33 heavy (non-hydrogen) atoms. The fraction of sp³-hybridized carbons (Fsp3) is 0.333. The van der Waals surface area contributed by atoms with E-state index in [0.29, 0.717) is 0 Å². The van der Waals surface area contributed by atoms with Crippen LogP contribution in [-0.4, -0.2) is 29.8 Å². The summed E-state index contributed by atoms with van der Waals surface area (Å²) in [6, 6.07) is 8.94. The number of hydrogen-bond acceptors (Lipinski definition) is 2. The first-order chi connectivity index (χ1) is 15.2. The number of rotatable bonds is 6. The third-order valence-electron chi connectivity index (χ3n) is 4.67. The van der Waals surface area contributed by atoms with Crippen LogP contribution in [0, 0.1) is 0 Å². The van der Waals surface area contributed by atoms with Crippen molar-refractivity contribution in [3.63, 3.8) is 0 Å². The minimum absolute atomic E-state index is 0.142. The molecule has 0 aliphatic carbocycles. The van der Waals surface area contributed by atoms with Crippen molar-refractivity contribution in [1.82, 2.24) is 0 Å². The number of anilines is 2. The highest BCUT2D eigenvalue weighted by Crippen LogP contribution is 2.53. The van der Waals surface area contributed by atoms with Crippen LogP contribution in [0.15, 0.2) is 57.5 Å². The van der Waals surface area contributed by atoms with Gasteiger partial charge in [0.1, 0.15) is 0 Å². The van der Waals surface area contributed by atoms with E-state index in [4.69, 9.17) is 0 Å². The molecule has 0 unspecified atom stereocenters. The molecule has 2 aromatic carbocycles. The molecule has 0 bridgehead atoms. The molecule has 12 heteroatoms. The summed E-state index contributed by atoms with van der Waals surface area (Å²) in [6.07, 6.45) is -13.7. The van der Waals surface area contributed by atoms with Gasteiger partial charge in [-0.2, -0.15) is 26.3 Å². The Labute approximate surface area is 202 Å². The average molecular weight is 604 g/mol. The van der Waals surface area contributed by atoms with Crippen LogP contribution in [0.5, 0.6) is 0 Å². The Kier molecular flexibility index (Phi) is 8.27. The Balaban J connectivity index is 3.13. The lowest BCUT2D eigenvalue weighted by Gasteiger charge is -2.51. The van der Waals surface area contributed by atoms with Crippen LogP contribution in [-0.2, 0) is 9.59 Å². The van der Waals surface area contributed by atoms with Gasteiger partial charge in [-0.1, -0.05) is 57.8 Å². The summed E-state index contributed by atoms with van der Waals surface area (Å²) in [7, 11) is 0. The van der Waals surface area contributed by atoms with Crippen molar-refractivity contribution in [3.8, 4) is 0 Å². The van der Waals surface area contributed by atoms with Crippen molar-refractivity contribution in [1.29, 1.82) is 0 Å². The topological polar surface area (TPSA) is 40.6 Å². The quantitative estimate of drug-likeness (QED) is 0.258. The number of nitrogens with zero attached hydrogens (tertiary/aromatic N) is 2. The van der Waals surface area contributed by atoms with Gasteiger partial charge < -0.3 is 0 Å². The van der Waals surface area contributed by atoms with Crippen molar-refractivity contribution in [2.75, 3.05) is 9.80 Å². The molecule has 180 valence electrons. The highest BCUT2D eigenvalue weighted by molar-refractivity contribution is 9.10. The summed E-state index contributed by atoms with van der Waals surface area (Å²) in [4.78, 5) is 24.9. The van der Waals surface area contributed by atoms with Crippen molar-refractivity contribution >= 4 is 55.0 Å². The molecule has 0 radical (unpaired) electrons. The lowest BCUT2D eigenvalue weighted by molar-refractivity contribution is -0.294. The highest BCUT2D eigenvalue weighted by atomic mass is 79.9. The van der Waals surface area contributed by atoms with Crippen LogP contribution < -0.4 is 9.80 Å². The second kappa shape index (κ2) is 10.0. The van der Waals surface area contributed by atoms with Crippen LogP contribution >= 0.6 is 31.9 Å². The largest absolute Gasteiger partial charge is 0.441 e. The molecule has 2 amide bonds. The molecule has 4 nitrogen and oxygen atoms in total. The predicted molar refractivity (Wildman–Crippen MR) is 119 cm³/mol. The van der Waals surface area contributed by atoms with Gasteiger partial charge in [0.15, 0.2) is 0 Å². The zero-order valence-corrected chi connectivity index (χ0v) is 20.4. The fourth-order valence-electron chi connectivity index (χ4n) is 3.34. The van der Waals surface area contributed by atoms with Gasteiger partial charge >= 0.3 is 18.0 Å². The molecule has 2 aromatic rings. The molecule has 0 aromatic heterocycles. The summed E-state index contributed by atoms with van der Waals surface area (Å²) in [5, 5.41) is 0. The first-order valence-corrected chi connectivity index (χ1v) is 11.1. The molecule has 0 aliphatic heterocycles. The second-order valence-electron chi connectivity index (χ2n) is 6.79. The Morgan fingerprint density at radius 2 is 1.06 bits per heavy atom. The first kappa shape index (κ1) is 27.2. The van der Waals surface area contributed by atoms with Gasteiger partial charge in [-0.15, -0.1) is 0 Å². The lowest BCUT2D eigenvalue weighted by atomic mass is 9.99. The van der Waals surface area contributed by atoms with E-state index in [2.05, 4.69) is 31.9 Å². The molecule has 0 aliphatic rings. The van der Waals surface area contributed by atoms with Gasteiger partial charge in [-0.3, -0.25) is 19.4 Å². The molecule has 0 saturated carbocycles. The van der Waals surface area contributed by atoms with Gasteiger partial charge in [0.05, 0.1) is 0 Å². The van der Waals surface area contributed by atoms with E-state index in [1.165, 1.54) is 24.3 Å². The number of benzene rings is 2. The summed E-state index contributed by atoms with van der Waals surface area (Å²) < 4.78 is 89.1. The van der Waals surface area contributed by atoms with E-state index < -0.39 is 54.0 Å². The second-order valence-corrected chi connectivity index (χ2v) is 8.62. The third-order valence-corrected chi connectivity index (χ3v) is 5.66. The van der Waals surface area contributed by atoms with Gasteiger partial charge in [0.25, 0.3) is 0 Å². The Bertz CT molecular complexity index is 945. The van der Waals surface area contributed by atoms with Crippen molar-refractivity contribution in [2.24, 2.45) is 0 Å². The monoisotopic (exact) mass is 602 g/mol. The Morgan fingerprint density at radius 3 is 1.30 bits per heavy atom. The lowest BCUT2D eigenvalue weighted by Crippen LogP contribution is -2.79. The first-order valence-electron chi connectivity index (χ1n) is 9.53. The number of halogens is 8. The SMILES string of the molecule is CCC(=O)N(c1cccc(Br)c1)C(N(C(=O)CC)c1cccc(Br)c1)(C(F)(F)F)C(F)(F)F. The van der Waals surface area contributed by atoms with Crippen molar-refractivity contribution in [3.05, 3.63) is 57.5 Å². The maximum atomic E-state index is 14.8. The van der Waals surface area contributed by atoms with E-state index in [-0.39, 0.29) is 18.7 Å². The molecule has 0 N–H and O–H groups in total. The number of carbonyl (C=O) groups is 2. The van der Waals surface area contributed by atoms with Gasteiger partial charge in [0, 0.05) is 33.2 Å². The van der Waals surface area contributed by atoms with Gasteiger partial charge in [-0.25, -0.2) is 0 Å². The van der Waals surface area contributed by atoms with E-state index in [0.717, 1.165) is 38.1 Å². The predicted octanol–water partition coefficient (Wildman–Crippen LogP) is 7.22. The number of amides is 2. The smallest absolute Gasteiger partial charge is 0.274 e. The Hall–Kier alpha value is -2.08. The normalized spacial score (nSPS) is 12.4. The molecule has 0 heterocycles. The van der Waals surface area contributed by atoms with Gasteiger partial charge in [-0.05, 0) is 36.4 Å². The standard InChI is InChI=1S/C21H18Br2F6N2O2/c1-3-17(32)30(15-9-5-7-13(22)11-15)19(20(24,25)26,21(27,28)29)31(18(33)4-2)16-10-6-8-14(23)12-16/h5-12H,3-4H2,1-2H3. The minimum atomic E-state index is -6.15. The fourth-order valence-corrected chi connectivity index (χ4v) is 4.11. The Morgan fingerprint density at radius 1 is 0.727 bits per heavy atom. The molecule has 0 fully saturated rings. The number of carbonyl (C=O) groups excluding carboxylic acids is 2. The molecular formula is C21H18Br2F6N2O2. The molecule has 0 atom stereocenters. The van der Waals surface area contributed by atoms with Crippen LogP contribution in [0.4, 0.5) is 37.7 Å². The van der Waals surface area contributed by atoms with Crippen LogP contribution in [0.1, 0.15) is 26.7 Å². The van der Waals surface area contributed by atoms with E-state index >= 15 is 0 Å². The number of hydrogen-bond donors (Lipinski definition) is 0. The molecule has 0 spiro atoms. The van der Waals surface area contributed by atoms with Crippen LogP contribution in [0.3, 0.4) is 0 Å². The zero-order valence-electron chi connectivity index (χ0n) is 17.3.